The van der Waals surface area contributed by atoms with Crippen LogP contribution in [-0.4, -0.2) is 14.2 Å². The molecular formula is C18H28O2. The Hall–Kier alpha value is -1.18. The molecule has 0 aromatic heterocycles. The Morgan fingerprint density at radius 3 is 1.75 bits per heavy atom. The summed E-state index contributed by atoms with van der Waals surface area (Å²) in [5, 5.41) is 0. The smallest absolute Gasteiger partial charge is 0.128 e. The van der Waals surface area contributed by atoms with E-state index in [0.717, 1.165) is 23.8 Å². The van der Waals surface area contributed by atoms with E-state index in [1.807, 2.05) is 0 Å². The summed E-state index contributed by atoms with van der Waals surface area (Å²) in [6.45, 7) is 6.47. The Kier molecular flexibility index (Phi) is 4.95. The minimum absolute atomic E-state index is 0.785. The van der Waals surface area contributed by atoms with Crippen LogP contribution in [0.4, 0.5) is 0 Å². The third-order valence-electron chi connectivity index (χ3n) is 4.98. The van der Waals surface area contributed by atoms with Crippen molar-refractivity contribution in [2.75, 3.05) is 14.2 Å². The molecule has 112 valence electrons. The molecule has 2 nitrogen and oxygen atoms in total. The number of methoxy groups -OCH3 is 2. The molecule has 0 bridgehead atoms. The maximum atomic E-state index is 5.72. The predicted octanol–water partition coefficient (Wildman–Crippen LogP) is 4.75. The average molecular weight is 276 g/mol. The quantitative estimate of drug-likeness (QED) is 0.790. The minimum atomic E-state index is 0.785. The number of hydrogen-bond acceptors (Lipinski definition) is 2. The first kappa shape index (κ1) is 15.2. The van der Waals surface area contributed by atoms with Crippen LogP contribution in [0.1, 0.15) is 54.4 Å². The largest absolute Gasteiger partial charge is 0.496 e. The Morgan fingerprint density at radius 2 is 1.30 bits per heavy atom. The molecule has 0 radical (unpaired) electrons. The van der Waals surface area contributed by atoms with E-state index in [-0.39, 0.29) is 0 Å². The second kappa shape index (κ2) is 6.51. The number of rotatable bonds is 4. The normalized spacial score (nSPS) is 16.2. The molecule has 1 aromatic carbocycles. The van der Waals surface area contributed by atoms with Gasteiger partial charge < -0.3 is 9.47 Å². The highest BCUT2D eigenvalue weighted by Crippen LogP contribution is 2.41. The summed E-state index contributed by atoms with van der Waals surface area (Å²) in [7, 11) is 3.56. The molecule has 0 amide bonds. The van der Waals surface area contributed by atoms with E-state index >= 15 is 0 Å². The first-order valence-corrected chi connectivity index (χ1v) is 7.80. The summed E-state index contributed by atoms with van der Waals surface area (Å²) in [6.07, 6.45) is 7.93. The molecule has 0 atom stereocenters. The lowest BCUT2D eigenvalue weighted by molar-refractivity contribution is 0.335. The van der Waals surface area contributed by atoms with Crippen LogP contribution < -0.4 is 9.47 Å². The van der Waals surface area contributed by atoms with E-state index in [0.29, 0.717) is 0 Å². The lowest BCUT2D eigenvalue weighted by Crippen LogP contribution is -2.12. The van der Waals surface area contributed by atoms with Crippen molar-refractivity contribution in [3.05, 3.63) is 22.3 Å². The predicted molar refractivity (Wildman–Crippen MR) is 84.0 cm³/mol. The average Bonchev–Trinajstić information content (AvgIpc) is 2.47. The highest BCUT2D eigenvalue weighted by Gasteiger charge is 2.23. The lowest BCUT2D eigenvalue weighted by Gasteiger charge is -2.26. The SMILES string of the molecule is COc1c(C)c(C)c(C)c(OC)c1CC1CCCCC1. The van der Waals surface area contributed by atoms with Gasteiger partial charge in [-0.15, -0.1) is 0 Å². The molecule has 1 fully saturated rings. The monoisotopic (exact) mass is 276 g/mol. The van der Waals surface area contributed by atoms with E-state index in [4.69, 9.17) is 9.47 Å². The Labute approximate surface area is 123 Å². The topological polar surface area (TPSA) is 18.5 Å². The second-order valence-corrected chi connectivity index (χ2v) is 6.13. The first-order valence-electron chi connectivity index (χ1n) is 7.80. The zero-order valence-corrected chi connectivity index (χ0v) is 13.6. The molecule has 0 N–H and O–H groups in total. The molecule has 2 heteroatoms. The summed E-state index contributed by atoms with van der Waals surface area (Å²) in [4.78, 5) is 0. The molecule has 0 spiro atoms. The fraction of sp³-hybridized carbons (Fsp3) is 0.667. The summed E-state index contributed by atoms with van der Waals surface area (Å²) in [5.74, 6) is 2.86. The van der Waals surface area contributed by atoms with Gasteiger partial charge in [0, 0.05) is 5.56 Å². The van der Waals surface area contributed by atoms with Gasteiger partial charge in [-0.05, 0) is 49.8 Å². The van der Waals surface area contributed by atoms with Crippen LogP contribution in [0.15, 0.2) is 0 Å². The van der Waals surface area contributed by atoms with Crippen LogP contribution in [0.2, 0.25) is 0 Å². The van der Waals surface area contributed by atoms with Crippen molar-refractivity contribution >= 4 is 0 Å². The summed E-state index contributed by atoms with van der Waals surface area (Å²) in [5.41, 5.74) is 5.09. The van der Waals surface area contributed by atoms with Gasteiger partial charge in [-0.25, -0.2) is 0 Å². The van der Waals surface area contributed by atoms with E-state index < -0.39 is 0 Å². The molecule has 2 rings (SSSR count). The van der Waals surface area contributed by atoms with Crippen molar-refractivity contribution in [1.29, 1.82) is 0 Å². The van der Waals surface area contributed by atoms with Crippen LogP contribution in [0.25, 0.3) is 0 Å². The molecule has 1 saturated carbocycles. The molecule has 0 heterocycles. The van der Waals surface area contributed by atoms with E-state index in [1.54, 1.807) is 14.2 Å². The van der Waals surface area contributed by atoms with Crippen LogP contribution in [0.3, 0.4) is 0 Å². The van der Waals surface area contributed by atoms with Gasteiger partial charge >= 0.3 is 0 Å². The van der Waals surface area contributed by atoms with Crippen molar-refractivity contribution in [3.8, 4) is 11.5 Å². The number of benzene rings is 1. The molecule has 1 aliphatic carbocycles. The van der Waals surface area contributed by atoms with Crippen molar-refractivity contribution in [1.82, 2.24) is 0 Å². The molecule has 20 heavy (non-hydrogen) atoms. The van der Waals surface area contributed by atoms with Gasteiger partial charge in [0.1, 0.15) is 11.5 Å². The zero-order valence-electron chi connectivity index (χ0n) is 13.6. The summed E-state index contributed by atoms with van der Waals surface area (Å²) in [6, 6.07) is 0. The molecule has 0 unspecified atom stereocenters. The van der Waals surface area contributed by atoms with Gasteiger partial charge in [0.25, 0.3) is 0 Å². The summed E-state index contributed by atoms with van der Waals surface area (Å²) < 4.78 is 11.4. The first-order chi connectivity index (χ1) is 9.60. The van der Waals surface area contributed by atoms with Crippen molar-refractivity contribution in [2.24, 2.45) is 5.92 Å². The molecular weight excluding hydrogens is 248 g/mol. The maximum absolute atomic E-state index is 5.72. The van der Waals surface area contributed by atoms with Crippen LogP contribution in [0.5, 0.6) is 11.5 Å². The van der Waals surface area contributed by atoms with E-state index in [9.17, 15) is 0 Å². The van der Waals surface area contributed by atoms with Gasteiger partial charge in [-0.3, -0.25) is 0 Å². The summed E-state index contributed by atoms with van der Waals surface area (Å²) >= 11 is 0. The third kappa shape index (κ3) is 2.79. The maximum Gasteiger partial charge on any atom is 0.128 e. The zero-order chi connectivity index (χ0) is 14.7. The highest BCUT2D eigenvalue weighted by atomic mass is 16.5. The van der Waals surface area contributed by atoms with Crippen molar-refractivity contribution < 1.29 is 9.47 Å². The lowest BCUT2D eigenvalue weighted by atomic mass is 9.83. The standard InChI is InChI=1S/C18H28O2/c1-12-13(2)17(19-4)16(18(20-5)14(12)3)11-15-9-7-6-8-10-15/h15H,6-11H2,1-5H3. The van der Waals surface area contributed by atoms with Gasteiger partial charge in [-0.2, -0.15) is 0 Å². The molecule has 0 saturated heterocycles. The van der Waals surface area contributed by atoms with Crippen LogP contribution in [-0.2, 0) is 6.42 Å². The van der Waals surface area contributed by atoms with Gasteiger partial charge in [-0.1, -0.05) is 32.1 Å². The molecule has 0 aliphatic heterocycles. The highest BCUT2D eigenvalue weighted by molar-refractivity contribution is 5.58. The minimum Gasteiger partial charge on any atom is -0.496 e. The van der Waals surface area contributed by atoms with Gasteiger partial charge in [0.2, 0.25) is 0 Å². The Bertz CT molecular complexity index is 440. The third-order valence-corrected chi connectivity index (χ3v) is 4.98. The Morgan fingerprint density at radius 1 is 0.800 bits per heavy atom. The molecule has 1 aromatic rings. The number of hydrogen-bond donors (Lipinski definition) is 0. The van der Waals surface area contributed by atoms with Crippen molar-refractivity contribution in [3.63, 3.8) is 0 Å². The Balaban J connectivity index is 2.42. The van der Waals surface area contributed by atoms with Crippen LogP contribution >= 0.6 is 0 Å². The second-order valence-electron chi connectivity index (χ2n) is 6.13. The molecule has 1 aliphatic rings. The van der Waals surface area contributed by atoms with Gasteiger partial charge in [0.05, 0.1) is 14.2 Å². The number of ether oxygens (including phenoxy) is 2. The van der Waals surface area contributed by atoms with E-state index in [2.05, 4.69) is 20.8 Å². The van der Waals surface area contributed by atoms with E-state index in [1.165, 1.54) is 54.4 Å². The van der Waals surface area contributed by atoms with Gasteiger partial charge in [0.15, 0.2) is 0 Å². The van der Waals surface area contributed by atoms with Crippen LogP contribution in [0, 0.1) is 26.7 Å². The fourth-order valence-corrected chi connectivity index (χ4v) is 3.60. The fourth-order valence-electron chi connectivity index (χ4n) is 3.60. The van der Waals surface area contributed by atoms with Crippen molar-refractivity contribution in [2.45, 2.75) is 59.3 Å².